The predicted molar refractivity (Wildman–Crippen MR) is 125 cm³/mol. The Hall–Kier alpha value is -0.340. The summed E-state index contributed by atoms with van der Waals surface area (Å²) >= 11 is 0. The fourth-order valence-electron chi connectivity index (χ4n) is 8.47. The van der Waals surface area contributed by atoms with Crippen LogP contribution < -0.4 is 0 Å². The number of aliphatic hydroxyl groups excluding tert-OH is 1. The summed E-state index contributed by atoms with van der Waals surface area (Å²) in [5, 5.41) is 21.8. The number of aliphatic hydroxyl groups is 2. The summed E-state index contributed by atoms with van der Waals surface area (Å²) < 4.78 is 0. The minimum Gasteiger partial charge on any atom is -0.393 e. The minimum atomic E-state index is -0.685. The third kappa shape index (κ3) is 3.43. The molecule has 4 aliphatic rings. The summed E-state index contributed by atoms with van der Waals surface area (Å²) in [7, 11) is 0. The van der Waals surface area contributed by atoms with Gasteiger partial charge in [-0.3, -0.25) is 0 Å². The first-order valence-electron chi connectivity index (χ1n) is 13.1. The van der Waals surface area contributed by atoms with E-state index >= 15 is 0 Å². The van der Waals surface area contributed by atoms with Crippen molar-refractivity contribution in [1.29, 1.82) is 0 Å². The lowest BCUT2D eigenvalue weighted by Gasteiger charge is -2.58. The van der Waals surface area contributed by atoms with Gasteiger partial charge in [-0.05, 0) is 86.4 Å². The maximum absolute atomic E-state index is 11.6. The van der Waals surface area contributed by atoms with E-state index in [1.54, 1.807) is 11.1 Å². The second-order valence-electron chi connectivity index (χ2n) is 12.8. The van der Waals surface area contributed by atoms with E-state index in [4.69, 9.17) is 0 Å². The van der Waals surface area contributed by atoms with Crippen molar-refractivity contribution >= 4 is 0 Å². The van der Waals surface area contributed by atoms with Gasteiger partial charge in [0.1, 0.15) is 0 Å². The SMILES string of the molecule is CC(C)[C@@H](C)CC[C@@H](C)[C@H]1CC[C@H]2C3=C(CC[C@]12C)[C@@]1(C)CC[C@H](O)C[C@]1(O)CC3. The standard InChI is InChI=1S/C28H48O2/c1-18(2)19(3)7-8-20(4)23-9-10-24-22-12-16-28(30)17-21(29)11-15-27(28,6)25(22)13-14-26(23,24)5/h18-21,23-24,29-30H,7-17H2,1-6H3/t19-,20+,21-,23+,24-,26+,27+,28+/m0/s1. The van der Waals surface area contributed by atoms with Gasteiger partial charge in [-0.15, -0.1) is 0 Å². The first-order valence-corrected chi connectivity index (χ1v) is 13.1. The lowest BCUT2D eigenvalue weighted by Crippen LogP contribution is -2.57. The molecule has 172 valence electrons. The molecule has 0 saturated heterocycles. The van der Waals surface area contributed by atoms with Crippen molar-refractivity contribution in [2.24, 2.45) is 40.4 Å². The van der Waals surface area contributed by atoms with Crippen LogP contribution in [-0.4, -0.2) is 21.9 Å². The third-order valence-corrected chi connectivity index (χ3v) is 11.1. The summed E-state index contributed by atoms with van der Waals surface area (Å²) in [6.45, 7) is 14.7. The minimum absolute atomic E-state index is 0.0997. The van der Waals surface area contributed by atoms with E-state index < -0.39 is 5.60 Å². The Bertz CT molecular complexity index is 680. The van der Waals surface area contributed by atoms with E-state index in [9.17, 15) is 10.2 Å². The molecule has 0 amide bonds. The van der Waals surface area contributed by atoms with Crippen LogP contribution in [-0.2, 0) is 0 Å². The Balaban J connectivity index is 1.55. The first-order chi connectivity index (χ1) is 14.0. The largest absolute Gasteiger partial charge is 0.393 e. The highest BCUT2D eigenvalue weighted by Gasteiger charge is 2.60. The van der Waals surface area contributed by atoms with Gasteiger partial charge < -0.3 is 10.2 Å². The molecule has 0 bridgehead atoms. The molecule has 0 aliphatic heterocycles. The van der Waals surface area contributed by atoms with Crippen LogP contribution in [0.25, 0.3) is 0 Å². The monoisotopic (exact) mass is 416 g/mol. The molecule has 0 aromatic carbocycles. The highest BCUT2D eigenvalue weighted by atomic mass is 16.3. The number of allylic oxidation sites excluding steroid dienone is 1. The number of hydrogen-bond donors (Lipinski definition) is 2. The van der Waals surface area contributed by atoms with Crippen molar-refractivity contribution in [3.8, 4) is 0 Å². The van der Waals surface area contributed by atoms with Crippen molar-refractivity contribution in [2.45, 2.75) is 124 Å². The molecule has 4 aliphatic carbocycles. The van der Waals surface area contributed by atoms with Gasteiger partial charge in [0.25, 0.3) is 0 Å². The summed E-state index contributed by atoms with van der Waals surface area (Å²) in [5.74, 6) is 4.05. The molecule has 2 fully saturated rings. The average molecular weight is 417 g/mol. The van der Waals surface area contributed by atoms with Crippen LogP contribution in [0.15, 0.2) is 11.1 Å². The first kappa shape index (κ1) is 22.8. The van der Waals surface area contributed by atoms with Crippen molar-refractivity contribution < 1.29 is 10.2 Å². The third-order valence-electron chi connectivity index (χ3n) is 11.1. The van der Waals surface area contributed by atoms with E-state index in [-0.39, 0.29) is 11.5 Å². The summed E-state index contributed by atoms with van der Waals surface area (Å²) in [6.07, 6.45) is 12.0. The Morgan fingerprint density at radius 2 is 1.67 bits per heavy atom. The normalized spacial score (nSPS) is 45.7. The molecule has 0 spiro atoms. The fourth-order valence-corrected chi connectivity index (χ4v) is 8.47. The Kier molecular flexibility index (Phi) is 6.02. The zero-order chi connectivity index (χ0) is 21.9. The van der Waals surface area contributed by atoms with Gasteiger partial charge in [0, 0.05) is 11.8 Å². The predicted octanol–water partition coefficient (Wildman–Crippen LogP) is 6.89. The van der Waals surface area contributed by atoms with Crippen LogP contribution in [0, 0.1) is 40.4 Å². The summed E-state index contributed by atoms with van der Waals surface area (Å²) in [6, 6.07) is 0. The number of fused-ring (bicyclic) bond motifs is 4. The van der Waals surface area contributed by atoms with Gasteiger partial charge in [-0.25, -0.2) is 0 Å². The van der Waals surface area contributed by atoms with E-state index in [1.807, 2.05) is 0 Å². The van der Waals surface area contributed by atoms with Gasteiger partial charge in [0.05, 0.1) is 11.7 Å². The molecule has 0 heterocycles. The molecule has 4 rings (SSSR count). The second-order valence-corrected chi connectivity index (χ2v) is 12.8. The smallest absolute Gasteiger partial charge is 0.0765 e. The molecule has 2 N–H and O–H groups in total. The number of rotatable bonds is 5. The lowest BCUT2D eigenvalue weighted by atomic mass is 9.49. The maximum Gasteiger partial charge on any atom is 0.0765 e. The van der Waals surface area contributed by atoms with Crippen LogP contribution in [0.2, 0.25) is 0 Å². The van der Waals surface area contributed by atoms with Gasteiger partial charge in [0.2, 0.25) is 0 Å². The number of hydrogen-bond acceptors (Lipinski definition) is 2. The second kappa shape index (κ2) is 7.91. The van der Waals surface area contributed by atoms with E-state index in [2.05, 4.69) is 41.5 Å². The van der Waals surface area contributed by atoms with Gasteiger partial charge >= 0.3 is 0 Å². The van der Waals surface area contributed by atoms with Gasteiger partial charge in [-0.2, -0.15) is 0 Å². The highest BCUT2D eigenvalue weighted by molar-refractivity contribution is 5.37. The van der Waals surface area contributed by atoms with Crippen LogP contribution in [0.1, 0.15) is 112 Å². The van der Waals surface area contributed by atoms with Crippen LogP contribution >= 0.6 is 0 Å². The zero-order valence-corrected chi connectivity index (χ0v) is 20.6. The molecule has 8 atom stereocenters. The Morgan fingerprint density at radius 3 is 2.37 bits per heavy atom. The summed E-state index contributed by atoms with van der Waals surface area (Å²) in [5.41, 5.74) is 3.04. The van der Waals surface area contributed by atoms with Crippen LogP contribution in [0.5, 0.6) is 0 Å². The molecule has 0 unspecified atom stereocenters. The fraction of sp³-hybridized carbons (Fsp3) is 0.929. The molecular weight excluding hydrogens is 368 g/mol. The van der Waals surface area contributed by atoms with Gasteiger partial charge in [0.15, 0.2) is 0 Å². The van der Waals surface area contributed by atoms with Crippen molar-refractivity contribution in [3.63, 3.8) is 0 Å². The Labute approximate surface area is 185 Å². The Morgan fingerprint density at radius 1 is 0.933 bits per heavy atom. The average Bonchev–Trinajstić information content (AvgIpc) is 3.04. The van der Waals surface area contributed by atoms with Crippen molar-refractivity contribution in [2.75, 3.05) is 0 Å². The molecule has 30 heavy (non-hydrogen) atoms. The molecule has 0 radical (unpaired) electrons. The lowest BCUT2D eigenvalue weighted by molar-refractivity contribution is -0.135. The molecular formula is C28H48O2. The van der Waals surface area contributed by atoms with Crippen molar-refractivity contribution in [3.05, 3.63) is 11.1 Å². The van der Waals surface area contributed by atoms with Crippen molar-refractivity contribution in [1.82, 2.24) is 0 Å². The van der Waals surface area contributed by atoms with Gasteiger partial charge in [-0.1, -0.05) is 65.5 Å². The zero-order valence-electron chi connectivity index (χ0n) is 20.6. The van der Waals surface area contributed by atoms with Crippen LogP contribution in [0.3, 0.4) is 0 Å². The molecule has 2 heteroatoms. The molecule has 2 saturated carbocycles. The highest BCUT2D eigenvalue weighted by Crippen LogP contribution is 2.66. The van der Waals surface area contributed by atoms with E-state index in [0.29, 0.717) is 11.8 Å². The molecule has 0 aromatic rings. The van der Waals surface area contributed by atoms with E-state index in [1.165, 1.54) is 38.5 Å². The summed E-state index contributed by atoms with van der Waals surface area (Å²) in [4.78, 5) is 0. The quantitative estimate of drug-likeness (QED) is 0.479. The molecule has 2 nitrogen and oxygen atoms in total. The van der Waals surface area contributed by atoms with Crippen LogP contribution in [0.4, 0.5) is 0 Å². The topological polar surface area (TPSA) is 40.5 Å². The molecule has 0 aromatic heterocycles. The maximum atomic E-state index is 11.6. The van der Waals surface area contributed by atoms with E-state index in [0.717, 1.165) is 55.3 Å².